The summed E-state index contributed by atoms with van der Waals surface area (Å²) in [6.07, 6.45) is 1.61. The predicted molar refractivity (Wildman–Crippen MR) is 44.3 cm³/mol. The molecule has 1 spiro atoms. The average Bonchev–Trinajstić information content (AvgIpc) is 2.80. The largest absolute Gasteiger partial charge is 0.464 e. The molecule has 4 heteroatoms. The maximum Gasteiger partial charge on any atom is 0.338 e. The highest BCUT2D eigenvalue weighted by atomic mass is 16.7. The summed E-state index contributed by atoms with van der Waals surface area (Å²) in [6, 6.07) is 0. The van der Waals surface area contributed by atoms with Crippen LogP contribution in [0.1, 0.15) is 19.8 Å². The molecule has 0 aromatic carbocycles. The Morgan fingerprint density at radius 1 is 1.69 bits per heavy atom. The van der Waals surface area contributed by atoms with E-state index in [0.29, 0.717) is 6.61 Å². The van der Waals surface area contributed by atoms with Crippen LogP contribution in [0.15, 0.2) is 0 Å². The van der Waals surface area contributed by atoms with Crippen LogP contribution in [0.25, 0.3) is 0 Å². The molecule has 0 radical (unpaired) electrons. The van der Waals surface area contributed by atoms with Crippen molar-refractivity contribution in [2.45, 2.75) is 37.6 Å². The van der Waals surface area contributed by atoms with Crippen molar-refractivity contribution in [3.8, 4) is 0 Å². The van der Waals surface area contributed by atoms with Crippen LogP contribution in [0.4, 0.5) is 0 Å². The first-order chi connectivity index (χ1) is 6.24. The third-order valence-corrected chi connectivity index (χ3v) is 2.85. The molecule has 3 atom stereocenters. The van der Waals surface area contributed by atoms with Gasteiger partial charge in [-0.1, -0.05) is 0 Å². The molecular weight excluding hydrogens is 172 g/mol. The normalized spacial score (nSPS) is 41.4. The van der Waals surface area contributed by atoms with Crippen molar-refractivity contribution in [3.05, 3.63) is 0 Å². The van der Waals surface area contributed by atoms with Crippen LogP contribution in [-0.2, 0) is 19.0 Å². The Morgan fingerprint density at radius 2 is 2.46 bits per heavy atom. The van der Waals surface area contributed by atoms with Gasteiger partial charge in [-0.15, -0.1) is 0 Å². The van der Waals surface area contributed by atoms with Crippen LogP contribution in [0, 0.1) is 0 Å². The van der Waals surface area contributed by atoms with Crippen LogP contribution in [0.5, 0.6) is 0 Å². The summed E-state index contributed by atoms with van der Waals surface area (Å²) in [7, 11) is 1.65. The molecule has 4 nitrogen and oxygen atoms in total. The van der Waals surface area contributed by atoms with Crippen LogP contribution in [0.2, 0.25) is 0 Å². The standard InChI is InChI=1S/C9H14O4/c1-3-12-8(10)7-9(13-7)5-4-6(9)11-2/h6-7H,3-5H2,1-2H3. The van der Waals surface area contributed by atoms with Crippen molar-refractivity contribution in [1.29, 1.82) is 0 Å². The van der Waals surface area contributed by atoms with Crippen molar-refractivity contribution in [3.63, 3.8) is 0 Å². The van der Waals surface area contributed by atoms with E-state index in [-0.39, 0.29) is 23.8 Å². The molecule has 0 aromatic heterocycles. The molecule has 1 saturated heterocycles. The summed E-state index contributed by atoms with van der Waals surface area (Å²) in [6.45, 7) is 2.20. The molecule has 0 N–H and O–H groups in total. The Kier molecular flexibility index (Phi) is 2.04. The lowest BCUT2D eigenvalue weighted by molar-refractivity contribution is -0.144. The second kappa shape index (κ2) is 2.96. The van der Waals surface area contributed by atoms with Crippen molar-refractivity contribution < 1.29 is 19.0 Å². The molecule has 74 valence electrons. The smallest absolute Gasteiger partial charge is 0.338 e. The molecule has 1 heterocycles. The van der Waals surface area contributed by atoms with Crippen LogP contribution in [0.3, 0.4) is 0 Å². The monoisotopic (exact) mass is 186 g/mol. The molecule has 2 rings (SSSR count). The summed E-state index contributed by atoms with van der Waals surface area (Å²) >= 11 is 0. The first-order valence-electron chi connectivity index (χ1n) is 4.62. The lowest BCUT2D eigenvalue weighted by atomic mass is 9.79. The van der Waals surface area contributed by atoms with E-state index in [1.807, 2.05) is 0 Å². The maximum absolute atomic E-state index is 11.3. The second-order valence-electron chi connectivity index (χ2n) is 3.47. The third-order valence-electron chi connectivity index (χ3n) is 2.85. The molecule has 1 aliphatic heterocycles. The van der Waals surface area contributed by atoms with Gasteiger partial charge >= 0.3 is 5.97 Å². The van der Waals surface area contributed by atoms with Gasteiger partial charge in [0.15, 0.2) is 6.10 Å². The summed E-state index contributed by atoms with van der Waals surface area (Å²) in [4.78, 5) is 11.3. The fraction of sp³-hybridized carbons (Fsp3) is 0.889. The number of hydrogen-bond acceptors (Lipinski definition) is 4. The average molecular weight is 186 g/mol. The van der Waals surface area contributed by atoms with Gasteiger partial charge in [-0.25, -0.2) is 4.79 Å². The molecule has 0 bridgehead atoms. The first-order valence-corrected chi connectivity index (χ1v) is 4.62. The van der Waals surface area contributed by atoms with Crippen molar-refractivity contribution in [1.82, 2.24) is 0 Å². The zero-order chi connectivity index (χ0) is 9.47. The Balaban J connectivity index is 1.90. The fourth-order valence-electron chi connectivity index (χ4n) is 1.95. The summed E-state index contributed by atoms with van der Waals surface area (Å²) < 4.78 is 15.4. The van der Waals surface area contributed by atoms with Gasteiger partial charge in [-0.2, -0.15) is 0 Å². The predicted octanol–water partition coefficient (Wildman–Crippen LogP) is 0.496. The molecule has 3 unspecified atom stereocenters. The van der Waals surface area contributed by atoms with E-state index in [2.05, 4.69) is 0 Å². The number of methoxy groups -OCH3 is 1. The Hall–Kier alpha value is -0.610. The lowest BCUT2D eigenvalue weighted by Crippen LogP contribution is -2.45. The topological polar surface area (TPSA) is 48.1 Å². The van der Waals surface area contributed by atoms with Crippen LogP contribution >= 0.6 is 0 Å². The number of rotatable bonds is 3. The maximum atomic E-state index is 11.3. The molecule has 2 aliphatic rings. The van der Waals surface area contributed by atoms with E-state index in [0.717, 1.165) is 12.8 Å². The Bertz CT molecular complexity index is 226. The molecule has 13 heavy (non-hydrogen) atoms. The fourth-order valence-corrected chi connectivity index (χ4v) is 1.95. The van der Waals surface area contributed by atoms with Gasteiger partial charge in [0, 0.05) is 7.11 Å². The van der Waals surface area contributed by atoms with Gasteiger partial charge in [-0.05, 0) is 19.8 Å². The van der Waals surface area contributed by atoms with Crippen molar-refractivity contribution in [2.75, 3.05) is 13.7 Å². The molecule has 1 aliphatic carbocycles. The highest BCUT2D eigenvalue weighted by molar-refractivity contribution is 5.80. The van der Waals surface area contributed by atoms with Crippen molar-refractivity contribution >= 4 is 5.97 Å². The number of hydrogen-bond donors (Lipinski definition) is 0. The van der Waals surface area contributed by atoms with E-state index in [9.17, 15) is 4.79 Å². The quantitative estimate of drug-likeness (QED) is 0.475. The number of epoxide rings is 1. The van der Waals surface area contributed by atoms with Gasteiger partial charge < -0.3 is 14.2 Å². The number of esters is 1. The van der Waals surface area contributed by atoms with E-state index in [4.69, 9.17) is 14.2 Å². The highest BCUT2D eigenvalue weighted by Crippen LogP contribution is 2.54. The van der Waals surface area contributed by atoms with E-state index < -0.39 is 0 Å². The van der Waals surface area contributed by atoms with Gasteiger partial charge in [-0.3, -0.25) is 0 Å². The van der Waals surface area contributed by atoms with Crippen LogP contribution < -0.4 is 0 Å². The van der Waals surface area contributed by atoms with Gasteiger partial charge in [0.05, 0.1) is 12.7 Å². The summed E-state index contributed by atoms with van der Waals surface area (Å²) in [5.41, 5.74) is -0.318. The second-order valence-corrected chi connectivity index (χ2v) is 3.47. The molecule has 1 saturated carbocycles. The summed E-state index contributed by atoms with van der Waals surface area (Å²) in [5.74, 6) is -0.246. The number of carbonyl (C=O) groups is 1. The third kappa shape index (κ3) is 1.16. The summed E-state index contributed by atoms with van der Waals surface area (Å²) in [5, 5.41) is 0. The minimum Gasteiger partial charge on any atom is -0.464 e. The van der Waals surface area contributed by atoms with Gasteiger partial charge in [0.1, 0.15) is 5.60 Å². The minimum absolute atomic E-state index is 0.0851. The van der Waals surface area contributed by atoms with E-state index in [1.165, 1.54) is 0 Å². The molecule has 0 amide bonds. The zero-order valence-electron chi connectivity index (χ0n) is 7.91. The zero-order valence-corrected chi connectivity index (χ0v) is 7.91. The Morgan fingerprint density at radius 3 is 2.92 bits per heavy atom. The van der Waals surface area contributed by atoms with Gasteiger partial charge in [0.25, 0.3) is 0 Å². The number of ether oxygens (including phenoxy) is 3. The Labute approximate surface area is 77.1 Å². The van der Waals surface area contributed by atoms with Crippen molar-refractivity contribution in [2.24, 2.45) is 0 Å². The minimum atomic E-state index is -0.369. The SMILES string of the molecule is CCOC(=O)C1OC12CCC2OC. The molecular formula is C9H14O4. The highest BCUT2D eigenvalue weighted by Gasteiger charge is 2.70. The first kappa shape index (κ1) is 8.97. The van der Waals surface area contributed by atoms with E-state index >= 15 is 0 Å². The lowest BCUT2D eigenvalue weighted by Gasteiger charge is -2.32. The molecule has 2 fully saturated rings. The van der Waals surface area contributed by atoms with E-state index in [1.54, 1.807) is 14.0 Å². The van der Waals surface area contributed by atoms with Gasteiger partial charge in [0.2, 0.25) is 0 Å². The van der Waals surface area contributed by atoms with Crippen LogP contribution in [-0.4, -0.2) is 37.5 Å². The number of carbonyl (C=O) groups excluding carboxylic acids is 1. The molecule has 0 aromatic rings.